The van der Waals surface area contributed by atoms with Gasteiger partial charge in [0.15, 0.2) is 11.5 Å². The number of rotatable bonds is 8. The topological polar surface area (TPSA) is 157 Å². The molecule has 2 aliphatic heterocycles. The van der Waals surface area contributed by atoms with E-state index in [2.05, 4.69) is 20.6 Å². The normalized spacial score (nSPS) is 21.2. The zero-order valence-electron chi connectivity index (χ0n) is 28.7. The molecule has 2 saturated heterocycles. The monoisotopic (exact) mass is 690 g/mol. The molecule has 1 unspecified atom stereocenters. The van der Waals surface area contributed by atoms with E-state index in [9.17, 15) is 23.9 Å². The average Bonchev–Trinajstić information content (AvgIpc) is 3.91. The van der Waals surface area contributed by atoms with Crippen LogP contribution in [-0.2, 0) is 0 Å². The summed E-state index contributed by atoms with van der Waals surface area (Å²) in [6, 6.07) is 8.46. The Kier molecular flexibility index (Phi) is 9.56. The van der Waals surface area contributed by atoms with Crippen molar-refractivity contribution in [2.75, 3.05) is 41.3 Å². The molecule has 266 valence electrons. The van der Waals surface area contributed by atoms with Gasteiger partial charge in [-0.2, -0.15) is 0 Å². The predicted octanol–water partition coefficient (Wildman–Crippen LogP) is 5.48. The summed E-state index contributed by atoms with van der Waals surface area (Å²) in [7, 11) is 0. The fraction of sp³-hybridized carbons (Fsp3) is 0.472. The number of aromatic nitrogens is 2. The van der Waals surface area contributed by atoms with Gasteiger partial charge in [-0.1, -0.05) is 26.8 Å². The number of halogens is 2. The van der Waals surface area contributed by atoms with Gasteiger partial charge in [-0.25, -0.2) is 23.5 Å². The molecule has 1 aromatic heterocycles. The number of primary amides is 1. The number of nitrogens with two attached hydrogens (primary N) is 1. The van der Waals surface area contributed by atoms with Crippen molar-refractivity contribution in [3.05, 3.63) is 71.1 Å². The van der Waals surface area contributed by atoms with Gasteiger partial charge in [-0.3, -0.25) is 9.59 Å². The fourth-order valence-corrected chi connectivity index (χ4v) is 7.03. The molecule has 50 heavy (non-hydrogen) atoms. The minimum absolute atomic E-state index is 0.00519. The minimum atomic E-state index is -0.998. The fourth-order valence-electron chi connectivity index (χ4n) is 7.03. The quantitative estimate of drug-likeness (QED) is 0.241. The van der Waals surface area contributed by atoms with Crippen molar-refractivity contribution in [3.8, 4) is 0 Å². The Balaban J connectivity index is 1.18. The Morgan fingerprint density at radius 3 is 2.40 bits per heavy atom. The summed E-state index contributed by atoms with van der Waals surface area (Å²) < 4.78 is 30.5. The van der Waals surface area contributed by atoms with Gasteiger partial charge >= 0.3 is 6.09 Å². The summed E-state index contributed by atoms with van der Waals surface area (Å²) in [4.78, 5) is 51.5. The number of piperazine rings is 1. The van der Waals surface area contributed by atoms with Crippen molar-refractivity contribution in [2.24, 2.45) is 11.1 Å². The molecule has 3 fully saturated rings. The zero-order valence-corrected chi connectivity index (χ0v) is 28.7. The third-order valence-electron chi connectivity index (χ3n) is 10.1. The van der Waals surface area contributed by atoms with E-state index >= 15 is 4.39 Å². The molecule has 2 aromatic carbocycles. The third-order valence-corrected chi connectivity index (χ3v) is 10.1. The maximum absolute atomic E-state index is 15.6. The van der Waals surface area contributed by atoms with Crippen LogP contribution in [0.1, 0.15) is 85.7 Å². The molecule has 5 N–H and O–H groups in total. The van der Waals surface area contributed by atoms with Crippen molar-refractivity contribution in [1.82, 2.24) is 20.2 Å². The molecule has 14 heteroatoms. The Hall–Kier alpha value is -5.01. The lowest BCUT2D eigenvalue weighted by atomic mass is 9.84. The van der Waals surface area contributed by atoms with E-state index in [1.807, 2.05) is 43.6 Å². The van der Waals surface area contributed by atoms with E-state index in [0.717, 1.165) is 18.4 Å². The van der Waals surface area contributed by atoms with E-state index in [0.29, 0.717) is 55.6 Å². The SMILES string of the molecule is C[C@@H]1[C@H](NC(=O)c2ccc(C3CC3)cc2F)CCCN1c1cnc(C(N)=O)c(Nc2ccc(N3CCN(C(=O)O)C(C(C)(C)C)C3)c(F)c2)n1. The number of hydrogen-bond donors (Lipinski definition) is 4. The second-order valence-electron chi connectivity index (χ2n) is 14.6. The van der Waals surface area contributed by atoms with Crippen LogP contribution in [0.4, 0.5) is 36.6 Å². The van der Waals surface area contributed by atoms with Gasteiger partial charge in [0.05, 0.1) is 23.5 Å². The first-order valence-electron chi connectivity index (χ1n) is 17.1. The van der Waals surface area contributed by atoms with Crippen LogP contribution in [0.3, 0.4) is 0 Å². The molecule has 0 radical (unpaired) electrons. The van der Waals surface area contributed by atoms with E-state index in [1.165, 1.54) is 23.2 Å². The molecule has 3 atom stereocenters. The van der Waals surface area contributed by atoms with Crippen LogP contribution >= 0.6 is 0 Å². The lowest BCUT2D eigenvalue weighted by molar-refractivity contribution is 0.0747. The molecule has 3 aromatic rings. The highest BCUT2D eigenvalue weighted by molar-refractivity contribution is 5.96. The molecule has 0 bridgehead atoms. The number of carboxylic acid groups (broad SMARTS) is 1. The summed E-state index contributed by atoms with van der Waals surface area (Å²) in [5.41, 5.74) is 6.71. The van der Waals surface area contributed by atoms with Gasteiger partial charge < -0.3 is 36.2 Å². The third kappa shape index (κ3) is 7.29. The van der Waals surface area contributed by atoms with E-state index < -0.39 is 29.5 Å². The first-order chi connectivity index (χ1) is 23.7. The summed E-state index contributed by atoms with van der Waals surface area (Å²) in [5.74, 6) is -1.52. The maximum atomic E-state index is 15.6. The highest BCUT2D eigenvalue weighted by Crippen LogP contribution is 2.40. The van der Waals surface area contributed by atoms with Gasteiger partial charge in [-0.15, -0.1) is 0 Å². The van der Waals surface area contributed by atoms with Crippen molar-refractivity contribution < 1.29 is 28.3 Å². The lowest BCUT2D eigenvalue weighted by Gasteiger charge is -2.46. The Morgan fingerprint density at radius 1 is 1.00 bits per heavy atom. The number of nitrogens with zero attached hydrogens (tertiary/aromatic N) is 5. The second kappa shape index (κ2) is 13.7. The molecule has 3 amide bonds. The summed E-state index contributed by atoms with van der Waals surface area (Å²) >= 11 is 0. The van der Waals surface area contributed by atoms with Gasteiger partial charge in [0.25, 0.3) is 11.8 Å². The number of carbonyl (C=O) groups is 3. The molecule has 0 spiro atoms. The number of piperidine rings is 1. The first-order valence-corrected chi connectivity index (χ1v) is 17.1. The number of hydrogen-bond acceptors (Lipinski definition) is 8. The van der Waals surface area contributed by atoms with Crippen LogP contribution in [0.5, 0.6) is 0 Å². The first kappa shape index (κ1) is 34.8. The molecule has 6 rings (SSSR count). The van der Waals surface area contributed by atoms with Crippen LogP contribution in [0.2, 0.25) is 0 Å². The molecular formula is C36H44F2N8O4. The summed E-state index contributed by atoms with van der Waals surface area (Å²) in [5, 5.41) is 15.7. The van der Waals surface area contributed by atoms with Crippen LogP contribution in [0.25, 0.3) is 0 Å². The molecular weight excluding hydrogens is 646 g/mol. The molecule has 12 nitrogen and oxygen atoms in total. The predicted molar refractivity (Wildman–Crippen MR) is 186 cm³/mol. The maximum Gasteiger partial charge on any atom is 0.407 e. The molecule has 3 aliphatic rings. The largest absolute Gasteiger partial charge is 0.465 e. The number of carbonyl (C=O) groups excluding carboxylic acids is 2. The number of nitrogens with one attached hydrogen (secondary N) is 2. The van der Waals surface area contributed by atoms with Crippen molar-refractivity contribution in [3.63, 3.8) is 0 Å². The molecule has 1 aliphatic carbocycles. The Labute approximate surface area is 290 Å². The van der Waals surface area contributed by atoms with Crippen molar-refractivity contribution in [2.45, 2.75) is 77.4 Å². The second-order valence-corrected chi connectivity index (χ2v) is 14.6. The van der Waals surface area contributed by atoms with E-state index in [-0.39, 0.29) is 47.2 Å². The summed E-state index contributed by atoms with van der Waals surface area (Å²) in [6.45, 7) is 9.31. The van der Waals surface area contributed by atoms with E-state index in [1.54, 1.807) is 18.2 Å². The Morgan fingerprint density at radius 2 is 1.76 bits per heavy atom. The standard InChI is InChI=1S/C36H44F2N8O4/c1-20-27(42-34(48)24-11-9-22(16-25(24)37)21-7-8-21)6-5-13-45(20)30-18-40-31(32(39)47)33(43-30)41-23-10-12-28(26(38)17-23)44-14-15-46(35(49)50)29(19-44)36(2,3)4/h9-12,16-18,20-21,27,29H,5-8,13-15,19H2,1-4H3,(H2,39,47)(H,41,43)(H,42,48)(H,49,50)/t20-,27-,29?/m1/s1. The molecule has 3 heterocycles. The number of amides is 3. The highest BCUT2D eigenvalue weighted by atomic mass is 19.1. The van der Waals surface area contributed by atoms with Crippen LogP contribution in [-0.4, -0.2) is 82.2 Å². The van der Waals surface area contributed by atoms with Crippen molar-refractivity contribution in [1.29, 1.82) is 0 Å². The Bertz CT molecular complexity index is 1800. The van der Waals surface area contributed by atoms with Crippen LogP contribution in [0.15, 0.2) is 42.6 Å². The highest BCUT2D eigenvalue weighted by Gasteiger charge is 2.39. The van der Waals surface area contributed by atoms with Gasteiger partial charge in [-0.05, 0) is 79.8 Å². The van der Waals surface area contributed by atoms with Gasteiger partial charge in [0, 0.05) is 44.0 Å². The smallest absolute Gasteiger partial charge is 0.407 e. The number of anilines is 4. The zero-order chi connectivity index (χ0) is 35.9. The summed E-state index contributed by atoms with van der Waals surface area (Å²) in [6.07, 6.45) is 3.91. The van der Waals surface area contributed by atoms with Gasteiger partial charge in [0.1, 0.15) is 17.5 Å². The average molecular weight is 691 g/mol. The minimum Gasteiger partial charge on any atom is -0.465 e. The van der Waals surface area contributed by atoms with Crippen LogP contribution in [0, 0.1) is 17.0 Å². The lowest BCUT2D eigenvalue weighted by Crippen LogP contribution is -2.59. The number of benzene rings is 2. The van der Waals surface area contributed by atoms with Crippen LogP contribution < -0.4 is 26.2 Å². The van der Waals surface area contributed by atoms with E-state index in [4.69, 9.17) is 5.73 Å². The van der Waals surface area contributed by atoms with Gasteiger partial charge in [0.2, 0.25) is 0 Å². The van der Waals surface area contributed by atoms with Crippen molar-refractivity contribution >= 4 is 40.9 Å². The molecule has 1 saturated carbocycles.